The van der Waals surface area contributed by atoms with Crippen LogP contribution >= 0.6 is 0 Å². The number of aromatic nitrogens is 1. The van der Waals surface area contributed by atoms with Crippen molar-refractivity contribution in [3.05, 3.63) is 17.8 Å². The lowest BCUT2D eigenvalue weighted by atomic mass is 9.99. The summed E-state index contributed by atoms with van der Waals surface area (Å²) in [7, 11) is 2.87. The number of ether oxygens (including phenoxy) is 2. The Bertz CT molecular complexity index is 359. The maximum Gasteiger partial charge on any atom is 0.312 e. The van der Waals surface area contributed by atoms with Gasteiger partial charge < -0.3 is 20.3 Å². The van der Waals surface area contributed by atoms with E-state index in [0.717, 1.165) is 0 Å². The molecule has 0 aliphatic carbocycles. The molecule has 0 spiro atoms. The lowest BCUT2D eigenvalue weighted by molar-refractivity contribution is -0.138. The summed E-state index contributed by atoms with van der Waals surface area (Å²) in [6.45, 7) is -0.0479. The number of nitrogens with zero attached hydrogens (tertiary/aromatic N) is 1. The second-order valence-electron chi connectivity index (χ2n) is 3.06. The Labute approximate surface area is 93.0 Å². The first-order valence-electron chi connectivity index (χ1n) is 4.65. The van der Waals surface area contributed by atoms with E-state index in [9.17, 15) is 4.79 Å². The number of hydrogen-bond acceptors (Lipinski definition) is 5. The molecule has 1 unspecified atom stereocenters. The van der Waals surface area contributed by atoms with Gasteiger partial charge in [-0.3, -0.25) is 4.79 Å². The summed E-state index contributed by atoms with van der Waals surface area (Å²) in [4.78, 5) is 15.0. The van der Waals surface area contributed by atoms with Crippen LogP contribution in [0.25, 0.3) is 0 Å². The quantitative estimate of drug-likeness (QED) is 0.746. The Hall–Kier alpha value is -1.82. The predicted octanol–water partition coefficient (Wildman–Crippen LogP) is 0.226. The zero-order valence-electron chi connectivity index (χ0n) is 9.14. The highest BCUT2D eigenvalue weighted by Gasteiger charge is 2.26. The summed E-state index contributed by atoms with van der Waals surface area (Å²) in [6, 6.07) is 1.57. The molecule has 0 saturated heterocycles. The molecular formula is C10H14N2O4. The molecule has 0 aliphatic rings. The Morgan fingerprint density at radius 1 is 1.56 bits per heavy atom. The summed E-state index contributed by atoms with van der Waals surface area (Å²) in [6.07, 6.45) is 1.48. The molecule has 6 nitrogen and oxygen atoms in total. The summed E-state index contributed by atoms with van der Waals surface area (Å²) < 4.78 is 10.1. The van der Waals surface area contributed by atoms with Crippen LogP contribution < -0.4 is 15.2 Å². The van der Waals surface area contributed by atoms with Gasteiger partial charge in [0.15, 0.2) is 0 Å². The van der Waals surface area contributed by atoms with Crippen molar-refractivity contribution < 1.29 is 19.4 Å². The first kappa shape index (κ1) is 12.3. The summed E-state index contributed by atoms with van der Waals surface area (Å²) in [5.74, 6) is -1.30. The minimum absolute atomic E-state index is 0.0479. The van der Waals surface area contributed by atoms with Gasteiger partial charge in [0.1, 0.15) is 11.7 Å². The third kappa shape index (κ3) is 2.22. The molecule has 88 valence electrons. The maximum atomic E-state index is 11.0. The van der Waals surface area contributed by atoms with Crippen molar-refractivity contribution >= 4 is 5.97 Å². The predicted molar refractivity (Wildman–Crippen MR) is 56.8 cm³/mol. The van der Waals surface area contributed by atoms with Crippen LogP contribution in [0.2, 0.25) is 0 Å². The highest BCUT2D eigenvalue weighted by molar-refractivity contribution is 5.78. The minimum atomic E-state index is -1.04. The number of methoxy groups -OCH3 is 2. The van der Waals surface area contributed by atoms with Crippen LogP contribution in [0.3, 0.4) is 0 Å². The number of rotatable bonds is 5. The normalized spacial score (nSPS) is 11.9. The number of carbonyl (C=O) groups is 1. The van der Waals surface area contributed by atoms with Crippen LogP contribution in [0.5, 0.6) is 11.6 Å². The number of nitrogens with two attached hydrogens (primary N) is 1. The van der Waals surface area contributed by atoms with Crippen LogP contribution in [0.4, 0.5) is 0 Å². The number of aliphatic carboxylic acids is 1. The Morgan fingerprint density at radius 2 is 2.25 bits per heavy atom. The lowest BCUT2D eigenvalue weighted by Crippen LogP contribution is -2.22. The van der Waals surface area contributed by atoms with E-state index >= 15 is 0 Å². The first-order chi connectivity index (χ1) is 7.65. The van der Waals surface area contributed by atoms with Crippen LogP contribution in [0.15, 0.2) is 12.3 Å². The smallest absolute Gasteiger partial charge is 0.312 e. The molecule has 0 aromatic carbocycles. The van der Waals surface area contributed by atoms with Gasteiger partial charge in [-0.1, -0.05) is 0 Å². The largest absolute Gasteiger partial charge is 0.496 e. The molecule has 3 N–H and O–H groups in total. The van der Waals surface area contributed by atoms with Gasteiger partial charge in [0.25, 0.3) is 0 Å². The minimum Gasteiger partial charge on any atom is -0.496 e. The van der Waals surface area contributed by atoms with Crippen LogP contribution in [-0.2, 0) is 4.79 Å². The van der Waals surface area contributed by atoms with Gasteiger partial charge in [-0.15, -0.1) is 0 Å². The molecule has 1 rings (SSSR count). The van der Waals surface area contributed by atoms with E-state index in [4.69, 9.17) is 20.3 Å². The van der Waals surface area contributed by atoms with E-state index in [0.29, 0.717) is 11.3 Å². The monoisotopic (exact) mass is 226 g/mol. The van der Waals surface area contributed by atoms with Crippen molar-refractivity contribution in [1.82, 2.24) is 4.98 Å². The van der Waals surface area contributed by atoms with Crippen molar-refractivity contribution in [2.75, 3.05) is 20.8 Å². The van der Waals surface area contributed by atoms with E-state index in [1.807, 2.05) is 0 Å². The molecule has 16 heavy (non-hydrogen) atoms. The van der Waals surface area contributed by atoms with Gasteiger partial charge in [0.05, 0.1) is 19.8 Å². The molecule has 0 radical (unpaired) electrons. The molecule has 1 aromatic heterocycles. The number of carboxylic acids is 1. The lowest BCUT2D eigenvalue weighted by Gasteiger charge is -2.16. The Morgan fingerprint density at radius 3 is 2.69 bits per heavy atom. The zero-order valence-corrected chi connectivity index (χ0v) is 9.14. The average Bonchev–Trinajstić information content (AvgIpc) is 2.29. The molecule has 1 atom stereocenters. The second kappa shape index (κ2) is 5.32. The Balaban J connectivity index is 3.31. The van der Waals surface area contributed by atoms with E-state index in [1.54, 1.807) is 6.07 Å². The Kier molecular flexibility index (Phi) is 4.07. The molecule has 0 saturated carbocycles. The van der Waals surface area contributed by atoms with Gasteiger partial charge in [-0.2, -0.15) is 0 Å². The average molecular weight is 226 g/mol. The highest BCUT2D eigenvalue weighted by atomic mass is 16.5. The summed E-state index contributed by atoms with van der Waals surface area (Å²) in [5.41, 5.74) is 5.80. The van der Waals surface area contributed by atoms with Crippen molar-refractivity contribution in [3.63, 3.8) is 0 Å². The fourth-order valence-electron chi connectivity index (χ4n) is 1.44. The number of carboxylic acid groups (broad SMARTS) is 1. The molecule has 0 aliphatic heterocycles. The third-order valence-corrected chi connectivity index (χ3v) is 2.21. The summed E-state index contributed by atoms with van der Waals surface area (Å²) in [5, 5.41) is 9.05. The van der Waals surface area contributed by atoms with E-state index in [1.165, 1.54) is 20.4 Å². The van der Waals surface area contributed by atoms with Gasteiger partial charge in [-0.05, 0) is 6.07 Å². The van der Waals surface area contributed by atoms with Crippen LogP contribution in [0.1, 0.15) is 11.5 Å². The first-order valence-corrected chi connectivity index (χ1v) is 4.65. The molecule has 1 heterocycles. The SMILES string of the molecule is COc1ccnc(OC)c1C(CN)C(=O)O. The highest BCUT2D eigenvalue weighted by Crippen LogP contribution is 2.32. The van der Waals surface area contributed by atoms with E-state index in [2.05, 4.69) is 4.98 Å². The fraction of sp³-hybridized carbons (Fsp3) is 0.400. The molecular weight excluding hydrogens is 212 g/mol. The van der Waals surface area contributed by atoms with Gasteiger partial charge in [0, 0.05) is 12.7 Å². The third-order valence-electron chi connectivity index (χ3n) is 2.21. The van der Waals surface area contributed by atoms with Gasteiger partial charge in [0.2, 0.25) is 5.88 Å². The fourth-order valence-corrected chi connectivity index (χ4v) is 1.44. The van der Waals surface area contributed by atoms with Crippen molar-refractivity contribution in [3.8, 4) is 11.6 Å². The van der Waals surface area contributed by atoms with Crippen molar-refractivity contribution in [1.29, 1.82) is 0 Å². The standard InChI is InChI=1S/C10H14N2O4/c1-15-7-3-4-12-9(16-2)8(7)6(5-11)10(13)14/h3-4,6H,5,11H2,1-2H3,(H,13,14). The molecule has 0 bridgehead atoms. The van der Waals surface area contributed by atoms with E-state index in [-0.39, 0.29) is 12.4 Å². The van der Waals surface area contributed by atoms with Gasteiger partial charge >= 0.3 is 5.97 Å². The van der Waals surface area contributed by atoms with E-state index < -0.39 is 11.9 Å². The maximum absolute atomic E-state index is 11.0. The second-order valence-corrected chi connectivity index (χ2v) is 3.06. The molecule has 6 heteroatoms. The molecule has 0 amide bonds. The van der Waals surface area contributed by atoms with Crippen LogP contribution in [0, 0.1) is 0 Å². The van der Waals surface area contributed by atoms with Crippen molar-refractivity contribution in [2.24, 2.45) is 5.73 Å². The topological polar surface area (TPSA) is 94.7 Å². The van der Waals surface area contributed by atoms with Gasteiger partial charge in [-0.25, -0.2) is 4.98 Å². The zero-order chi connectivity index (χ0) is 12.1. The van der Waals surface area contributed by atoms with Crippen LogP contribution in [-0.4, -0.2) is 36.8 Å². The number of hydrogen-bond donors (Lipinski definition) is 2. The molecule has 0 fully saturated rings. The van der Waals surface area contributed by atoms with Crippen molar-refractivity contribution in [2.45, 2.75) is 5.92 Å². The number of pyridine rings is 1. The molecule has 1 aromatic rings. The summed E-state index contributed by atoms with van der Waals surface area (Å²) >= 11 is 0.